The second kappa shape index (κ2) is 17.4. The normalized spacial score (nSPS) is 10.7. The van der Waals surface area contributed by atoms with Gasteiger partial charge in [0.05, 0.1) is 14.2 Å². The summed E-state index contributed by atoms with van der Waals surface area (Å²) in [5, 5.41) is 0. The standard InChI is InChI=1S/C30H42O7/c1-23(31)36-27-17-15-25(21-29(27)33-3)13-9-5-7-11-19-35-20-12-8-6-10-14-26-16-18-28(37-24(2)32)30(22-26)34-4/h15-18,21-22H,5-14,19-20H2,1-4H3. The Morgan fingerprint density at radius 1 is 0.568 bits per heavy atom. The number of hydrogen-bond donors (Lipinski definition) is 0. The summed E-state index contributed by atoms with van der Waals surface area (Å²) >= 11 is 0. The third-order valence-corrected chi connectivity index (χ3v) is 5.97. The van der Waals surface area contributed by atoms with Crippen LogP contribution >= 0.6 is 0 Å². The van der Waals surface area contributed by atoms with Crippen molar-refractivity contribution in [2.75, 3.05) is 27.4 Å². The van der Waals surface area contributed by atoms with Crippen molar-refractivity contribution < 1.29 is 33.3 Å². The maximum absolute atomic E-state index is 11.2. The Hall–Kier alpha value is -3.06. The number of carbonyl (C=O) groups is 2. The number of aryl methyl sites for hydroxylation is 2. The molecule has 0 unspecified atom stereocenters. The Labute approximate surface area is 221 Å². The molecule has 0 amide bonds. The van der Waals surface area contributed by atoms with Gasteiger partial charge < -0.3 is 23.7 Å². The van der Waals surface area contributed by atoms with Crippen molar-refractivity contribution in [3.05, 3.63) is 47.5 Å². The predicted octanol–water partition coefficient (Wildman–Crippen LogP) is 6.48. The van der Waals surface area contributed by atoms with E-state index in [2.05, 4.69) is 0 Å². The summed E-state index contributed by atoms with van der Waals surface area (Å²) in [6.45, 7) is 4.40. The number of methoxy groups -OCH3 is 2. The van der Waals surface area contributed by atoms with Gasteiger partial charge in [0, 0.05) is 27.1 Å². The molecule has 0 radical (unpaired) electrons. The van der Waals surface area contributed by atoms with Crippen LogP contribution in [0, 0.1) is 0 Å². The molecule has 0 atom stereocenters. The van der Waals surface area contributed by atoms with Crippen molar-refractivity contribution in [1.29, 1.82) is 0 Å². The van der Waals surface area contributed by atoms with Crippen LogP contribution in [0.5, 0.6) is 23.0 Å². The maximum atomic E-state index is 11.2. The van der Waals surface area contributed by atoms with Crippen LogP contribution in [0.4, 0.5) is 0 Å². The molecule has 2 rings (SSSR count). The summed E-state index contributed by atoms with van der Waals surface area (Å²) in [6, 6.07) is 11.5. The summed E-state index contributed by atoms with van der Waals surface area (Å²) in [7, 11) is 3.16. The third-order valence-electron chi connectivity index (χ3n) is 5.97. The molecule has 0 aromatic heterocycles. The van der Waals surface area contributed by atoms with Crippen molar-refractivity contribution in [2.45, 2.75) is 78.1 Å². The fraction of sp³-hybridized carbons (Fsp3) is 0.533. The Kier molecular flexibility index (Phi) is 14.2. The van der Waals surface area contributed by atoms with Crippen LogP contribution in [0.25, 0.3) is 0 Å². The molecule has 0 saturated carbocycles. The lowest BCUT2D eigenvalue weighted by Crippen LogP contribution is -2.03. The third kappa shape index (κ3) is 12.2. The van der Waals surface area contributed by atoms with E-state index in [1.807, 2.05) is 24.3 Å². The van der Waals surface area contributed by atoms with Crippen LogP contribution in [0.15, 0.2) is 36.4 Å². The van der Waals surface area contributed by atoms with E-state index in [-0.39, 0.29) is 11.9 Å². The number of benzene rings is 2. The van der Waals surface area contributed by atoms with Crippen LogP contribution in [0.1, 0.15) is 76.3 Å². The molecule has 7 heteroatoms. The lowest BCUT2D eigenvalue weighted by Gasteiger charge is -2.10. The van der Waals surface area contributed by atoms with Crippen molar-refractivity contribution >= 4 is 11.9 Å². The van der Waals surface area contributed by atoms with E-state index in [0.717, 1.165) is 77.4 Å². The highest BCUT2D eigenvalue weighted by Gasteiger charge is 2.09. The van der Waals surface area contributed by atoms with Gasteiger partial charge in [0.1, 0.15) is 0 Å². The van der Waals surface area contributed by atoms with Gasteiger partial charge in [-0.1, -0.05) is 37.8 Å². The quantitative estimate of drug-likeness (QED) is 0.128. The van der Waals surface area contributed by atoms with E-state index in [4.69, 9.17) is 23.7 Å². The second-order valence-corrected chi connectivity index (χ2v) is 9.10. The van der Waals surface area contributed by atoms with Crippen molar-refractivity contribution in [3.8, 4) is 23.0 Å². The molecule has 0 fully saturated rings. The first-order valence-corrected chi connectivity index (χ1v) is 13.2. The first-order chi connectivity index (χ1) is 17.9. The summed E-state index contributed by atoms with van der Waals surface area (Å²) < 4.78 is 26.8. The molecule has 2 aromatic carbocycles. The Morgan fingerprint density at radius 2 is 0.973 bits per heavy atom. The van der Waals surface area contributed by atoms with Gasteiger partial charge >= 0.3 is 11.9 Å². The molecule has 37 heavy (non-hydrogen) atoms. The predicted molar refractivity (Wildman–Crippen MR) is 144 cm³/mol. The topological polar surface area (TPSA) is 80.3 Å². The van der Waals surface area contributed by atoms with Crippen molar-refractivity contribution in [2.24, 2.45) is 0 Å². The van der Waals surface area contributed by atoms with Gasteiger partial charge in [0.15, 0.2) is 23.0 Å². The van der Waals surface area contributed by atoms with Gasteiger partial charge in [-0.25, -0.2) is 0 Å². The van der Waals surface area contributed by atoms with E-state index >= 15 is 0 Å². The van der Waals surface area contributed by atoms with Gasteiger partial charge in [-0.05, 0) is 73.9 Å². The molecular weight excluding hydrogens is 472 g/mol. The highest BCUT2D eigenvalue weighted by molar-refractivity contribution is 5.71. The van der Waals surface area contributed by atoms with Gasteiger partial charge in [-0.3, -0.25) is 9.59 Å². The van der Waals surface area contributed by atoms with E-state index in [9.17, 15) is 9.59 Å². The minimum Gasteiger partial charge on any atom is -0.493 e. The SMILES string of the molecule is COc1cc(CCCCCCOCCCCCCc2ccc(OC(C)=O)c(OC)c2)ccc1OC(C)=O. The molecule has 2 aromatic rings. The summed E-state index contributed by atoms with van der Waals surface area (Å²) in [6.07, 6.45) is 10.9. The van der Waals surface area contributed by atoms with Crippen LogP contribution in [0.2, 0.25) is 0 Å². The monoisotopic (exact) mass is 514 g/mol. The molecule has 0 saturated heterocycles. The van der Waals surface area contributed by atoms with Gasteiger partial charge in [0.2, 0.25) is 0 Å². The zero-order chi connectivity index (χ0) is 26.9. The highest BCUT2D eigenvalue weighted by atomic mass is 16.6. The summed E-state index contributed by atoms with van der Waals surface area (Å²) in [5.41, 5.74) is 2.37. The molecule has 204 valence electrons. The van der Waals surface area contributed by atoms with Crippen LogP contribution in [-0.2, 0) is 27.2 Å². The van der Waals surface area contributed by atoms with E-state index in [0.29, 0.717) is 23.0 Å². The van der Waals surface area contributed by atoms with E-state index in [1.165, 1.54) is 25.0 Å². The Balaban J connectivity index is 1.47. The molecule has 0 N–H and O–H groups in total. The molecule has 0 aliphatic rings. The zero-order valence-corrected chi connectivity index (χ0v) is 22.8. The Morgan fingerprint density at radius 3 is 1.35 bits per heavy atom. The second-order valence-electron chi connectivity index (χ2n) is 9.10. The lowest BCUT2D eigenvalue weighted by molar-refractivity contribution is -0.132. The molecular formula is C30H42O7. The van der Waals surface area contributed by atoms with E-state index < -0.39 is 0 Å². The summed E-state index contributed by atoms with van der Waals surface area (Å²) in [4.78, 5) is 22.3. The van der Waals surface area contributed by atoms with Gasteiger partial charge in [0.25, 0.3) is 0 Å². The summed E-state index contributed by atoms with van der Waals surface area (Å²) in [5.74, 6) is 1.41. The largest absolute Gasteiger partial charge is 0.493 e. The molecule has 0 aliphatic heterocycles. The fourth-order valence-corrected chi connectivity index (χ4v) is 4.09. The number of rotatable bonds is 18. The minimum atomic E-state index is -0.351. The van der Waals surface area contributed by atoms with Crippen LogP contribution in [-0.4, -0.2) is 39.4 Å². The zero-order valence-electron chi connectivity index (χ0n) is 22.8. The number of unbranched alkanes of at least 4 members (excludes halogenated alkanes) is 6. The lowest BCUT2D eigenvalue weighted by atomic mass is 10.1. The van der Waals surface area contributed by atoms with Crippen molar-refractivity contribution in [1.82, 2.24) is 0 Å². The molecule has 0 spiro atoms. The van der Waals surface area contributed by atoms with Gasteiger partial charge in [-0.15, -0.1) is 0 Å². The van der Waals surface area contributed by atoms with Crippen LogP contribution in [0.3, 0.4) is 0 Å². The average molecular weight is 515 g/mol. The first-order valence-electron chi connectivity index (χ1n) is 13.2. The average Bonchev–Trinajstić information content (AvgIpc) is 2.87. The maximum Gasteiger partial charge on any atom is 0.308 e. The van der Waals surface area contributed by atoms with Crippen molar-refractivity contribution in [3.63, 3.8) is 0 Å². The Bertz CT molecular complexity index is 893. The smallest absolute Gasteiger partial charge is 0.308 e. The van der Waals surface area contributed by atoms with Crippen LogP contribution < -0.4 is 18.9 Å². The first kappa shape index (κ1) is 30.2. The molecule has 7 nitrogen and oxygen atoms in total. The fourth-order valence-electron chi connectivity index (χ4n) is 4.09. The minimum absolute atomic E-state index is 0.351. The number of hydrogen-bond acceptors (Lipinski definition) is 7. The number of ether oxygens (including phenoxy) is 5. The number of esters is 2. The highest BCUT2D eigenvalue weighted by Crippen LogP contribution is 2.30. The number of carbonyl (C=O) groups excluding carboxylic acids is 2. The van der Waals surface area contributed by atoms with E-state index in [1.54, 1.807) is 26.4 Å². The molecule has 0 heterocycles. The molecule has 0 aliphatic carbocycles. The molecule has 0 bridgehead atoms. The van der Waals surface area contributed by atoms with Gasteiger partial charge in [-0.2, -0.15) is 0 Å².